The SMILES string of the molecule is COc1cc(/C=N/NC(=O)CNS(=O)(=O)c2ccc(C)cc2)ccc1OC(=O)c1ccc(Cl)cc1. The van der Waals surface area contributed by atoms with Gasteiger partial charge in [-0.15, -0.1) is 0 Å². The van der Waals surface area contributed by atoms with Crippen LogP contribution in [-0.2, 0) is 14.8 Å². The number of carbonyl (C=O) groups excluding carboxylic acids is 2. The first-order chi connectivity index (χ1) is 16.7. The Morgan fingerprint density at radius 1 is 1.00 bits per heavy atom. The van der Waals surface area contributed by atoms with Gasteiger partial charge in [0.05, 0.1) is 30.3 Å². The molecule has 0 aliphatic heterocycles. The number of hydrogen-bond donors (Lipinski definition) is 2. The van der Waals surface area contributed by atoms with E-state index in [1.165, 1.54) is 31.5 Å². The number of ether oxygens (including phenoxy) is 2. The Bertz CT molecular complexity index is 1340. The van der Waals surface area contributed by atoms with Gasteiger partial charge in [0.1, 0.15) is 0 Å². The number of carbonyl (C=O) groups is 2. The normalized spacial score (nSPS) is 11.3. The highest BCUT2D eigenvalue weighted by Gasteiger charge is 2.15. The first-order valence-electron chi connectivity index (χ1n) is 10.2. The molecule has 3 aromatic rings. The fourth-order valence-electron chi connectivity index (χ4n) is 2.77. The summed E-state index contributed by atoms with van der Waals surface area (Å²) in [5.41, 5.74) is 4.02. The van der Waals surface area contributed by atoms with Gasteiger partial charge >= 0.3 is 5.97 Å². The molecule has 1 amide bonds. The van der Waals surface area contributed by atoms with Crippen LogP contribution in [0.25, 0.3) is 0 Å². The molecular formula is C24H22ClN3O6S. The standard InChI is InChI=1S/C24H22ClN3O6S/c1-16-3-10-20(11-4-16)35(31,32)27-15-23(29)28-26-14-17-5-12-21(22(13-17)33-2)34-24(30)18-6-8-19(25)9-7-18/h3-14,27H,15H2,1-2H3,(H,28,29)/b26-14+. The van der Waals surface area contributed by atoms with Crippen molar-refractivity contribution in [2.24, 2.45) is 5.10 Å². The van der Waals surface area contributed by atoms with Crippen LogP contribution in [0.1, 0.15) is 21.5 Å². The monoisotopic (exact) mass is 515 g/mol. The zero-order chi connectivity index (χ0) is 25.4. The van der Waals surface area contributed by atoms with E-state index in [1.54, 1.807) is 48.5 Å². The molecule has 0 bridgehead atoms. The van der Waals surface area contributed by atoms with Crippen molar-refractivity contribution in [2.45, 2.75) is 11.8 Å². The van der Waals surface area contributed by atoms with Gasteiger partial charge in [-0.05, 0) is 67.1 Å². The lowest BCUT2D eigenvalue weighted by Gasteiger charge is -2.10. The maximum absolute atomic E-state index is 12.3. The van der Waals surface area contributed by atoms with Crippen LogP contribution in [0.4, 0.5) is 0 Å². The molecule has 0 fully saturated rings. The third-order valence-corrected chi connectivity index (χ3v) is 6.30. The van der Waals surface area contributed by atoms with Crippen LogP contribution in [0, 0.1) is 6.92 Å². The lowest BCUT2D eigenvalue weighted by atomic mass is 10.2. The Morgan fingerprint density at radius 3 is 2.34 bits per heavy atom. The minimum Gasteiger partial charge on any atom is -0.493 e. The van der Waals surface area contributed by atoms with Crippen molar-refractivity contribution >= 4 is 39.7 Å². The van der Waals surface area contributed by atoms with Gasteiger partial charge in [-0.2, -0.15) is 5.10 Å². The van der Waals surface area contributed by atoms with Crippen molar-refractivity contribution in [2.75, 3.05) is 13.7 Å². The number of nitrogens with zero attached hydrogens (tertiary/aromatic N) is 1. The summed E-state index contributed by atoms with van der Waals surface area (Å²) in [4.78, 5) is 24.4. The molecule has 0 aromatic heterocycles. The Balaban J connectivity index is 1.56. The molecule has 3 rings (SSSR count). The van der Waals surface area contributed by atoms with Crippen molar-refractivity contribution in [3.63, 3.8) is 0 Å². The Morgan fingerprint density at radius 2 is 1.69 bits per heavy atom. The zero-order valence-electron chi connectivity index (χ0n) is 18.8. The smallest absolute Gasteiger partial charge is 0.343 e. The number of aryl methyl sites for hydroxylation is 1. The zero-order valence-corrected chi connectivity index (χ0v) is 20.4. The molecule has 0 heterocycles. The Labute approximate surface area is 207 Å². The van der Waals surface area contributed by atoms with Crippen LogP contribution < -0.4 is 19.6 Å². The van der Waals surface area contributed by atoms with Crippen molar-refractivity contribution < 1.29 is 27.5 Å². The van der Waals surface area contributed by atoms with E-state index in [1.807, 2.05) is 6.92 Å². The van der Waals surface area contributed by atoms with Gasteiger partial charge < -0.3 is 9.47 Å². The van der Waals surface area contributed by atoms with Crippen LogP contribution in [0.15, 0.2) is 76.7 Å². The number of halogens is 1. The van der Waals surface area contributed by atoms with Crippen LogP contribution in [0.5, 0.6) is 11.5 Å². The van der Waals surface area contributed by atoms with Gasteiger partial charge in [-0.25, -0.2) is 23.4 Å². The predicted molar refractivity (Wildman–Crippen MR) is 132 cm³/mol. The van der Waals surface area contributed by atoms with Gasteiger partial charge in [0, 0.05) is 5.02 Å². The van der Waals surface area contributed by atoms with E-state index in [0.29, 0.717) is 16.1 Å². The Kier molecular flexibility index (Phi) is 8.58. The molecule has 0 spiro atoms. The van der Waals surface area contributed by atoms with Gasteiger partial charge in [-0.1, -0.05) is 29.3 Å². The molecule has 0 aliphatic carbocycles. The first-order valence-corrected chi connectivity index (χ1v) is 12.1. The number of hydrazone groups is 1. The summed E-state index contributed by atoms with van der Waals surface area (Å²) in [5.74, 6) is -0.772. The molecule has 0 aliphatic rings. The van der Waals surface area contributed by atoms with E-state index in [4.69, 9.17) is 21.1 Å². The van der Waals surface area contributed by atoms with Gasteiger partial charge in [0.2, 0.25) is 10.0 Å². The van der Waals surface area contributed by atoms with Crippen LogP contribution >= 0.6 is 11.6 Å². The van der Waals surface area contributed by atoms with Crippen molar-refractivity contribution in [3.8, 4) is 11.5 Å². The summed E-state index contributed by atoms with van der Waals surface area (Å²) in [6, 6.07) is 17.2. The lowest BCUT2D eigenvalue weighted by molar-refractivity contribution is -0.119. The van der Waals surface area contributed by atoms with Crippen LogP contribution in [-0.4, -0.2) is 40.2 Å². The molecule has 35 heavy (non-hydrogen) atoms. The molecule has 0 atom stereocenters. The van der Waals surface area contributed by atoms with Crippen LogP contribution in [0.2, 0.25) is 5.02 Å². The molecule has 3 aromatic carbocycles. The molecule has 0 radical (unpaired) electrons. The molecule has 11 heteroatoms. The fourth-order valence-corrected chi connectivity index (χ4v) is 3.88. The number of amides is 1. The van der Waals surface area contributed by atoms with Crippen LogP contribution in [0.3, 0.4) is 0 Å². The number of nitrogens with one attached hydrogen (secondary N) is 2. The van der Waals surface area contributed by atoms with Gasteiger partial charge in [-0.3, -0.25) is 4.79 Å². The predicted octanol–water partition coefficient (Wildman–Crippen LogP) is 3.30. The average molecular weight is 516 g/mol. The second-order valence-corrected chi connectivity index (χ2v) is 9.44. The number of sulfonamides is 1. The van der Waals surface area contributed by atoms with Gasteiger partial charge in [0.15, 0.2) is 11.5 Å². The maximum Gasteiger partial charge on any atom is 0.343 e. The third kappa shape index (κ3) is 7.38. The molecule has 0 saturated heterocycles. The van der Waals surface area contributed by atoms with E-state index >= 15 is 0 Å². The number of methoxy groups -OCH3 is 1. The maximum atomic E-state index is 12.3. The van der Waals surface area contributed by atoms with E-state index in [2.05, 4.69) is 15.2 Å². The lowest BCUT2D eigenvalue weighted by Crippen LogP contribution is -2.34. The summed E-state index contributed by atoms with van der Waals surface area (Å²) < 4.78 is 37.3. The quantitative estimate of drug-likeness (QED) is 0.195. The molecule has 0 saturated carbocycles. The minimum atomic E-state index is -3.82. The van der Waals surface area contributed by atoms with E-state index in [-0.39, 0.29) is 16.4 Å². The summed E-state index contributed by atoms with van der Waals surface area (Å²) in [7, 11) is -2.41. The summed E-state index contributed by atoms with van der Waals surface area (Å²) >= 11 is 5.83. The fraction of sp³-hybridized carbons (Fsp3) is 0.125. The van der Waals surface area contributed by atoms with E-state index < -0.39 is 28.4 Å². The van der Waals surface area contributed by atoms with E-state index in [9.17, 15) is 18.0 Å². The first kappa shape index (κ1) is 25.9. The van der Waals surface area contributed by atoms with Gasteiger partial charge in [0.25, 0.3) is 5.91 Å². The highest BCUT2D eigenvalue weighted by atomic mass is 35.5. The number of benzene rings is 3. The second kappa shape index (κ2) is 11.6. The topological polar surface area (TPSA) is 123 Å². The number of rotatable bonds is 9. The summed E-state index contributed by atoms with van der Waals surface area (Å²) in [6.07, 6.45) is 1.33. The highest BCUT2D eigenvalue weighted by Crippen LogP contribution is 2.28. The van der Waals surface area contributed by atoms with Crippen molar-refractivity contribution in [3.05, 3.63) is 88.4 Å². The number of esters is 1. The highest BCUT2D eigenvalue weighted by molar-refractivity contribution is 7.89. The molecule has 0 unspecified atom stereocenters. The third-order valence-electron chi connectivity index (χ3n) is 4.63. The number of hydrogen-bond acceptors (Lipinski definition) is 7. The molecular weight excluding hydrogens is 494 g/mol. The summed E-state index contributed by atoms with van der Waals surface area (Å²) in [6.45, 7) is 1.35. The average Bonchev–Trinajstić information content (AvgIpc) is 2.84. The molecule has 9 nitrogen and oxygen atoms in total. The van der Waals surface area contributed by atoms with E-state index in [0.717, 1.165) is 5.56 Å². The van der Waals surface area contributed by atoms with Crippen molar-refractivity contribution in [1.29, 1.82) is 0 Å². The minimum absolute atomic E-state index is 0.0587. The van der Waals surface area contributed by atoms with Crippen molar-refractivity contribution in [1.82, 2.24) is 10.1 Å². The molecule has 182 valence electrons. The second-order valence-electron chi connectivity index (χ2n) is 7.24. The molecule has 2 N–H and O–H groups in total. The Hall–Kier alpha value is -3.73. The summed E-state index contributed by atoms with van der Waals surface area (Å²) in [5, 5.41) is 4.31. The largest absolute Gasteiger partial charge is 0.493 e.